The zero-order chi connectivity index (χ0) is 10.4. The van der Waals surface area contributed by atoms with Crippen LogP contribution in [0.5, 0.6) is 0 Å². The summed E-state index contributed by atoms with van der Waals surface area (Å²) in [4.78, 5) is 2.28. The number of aryl methyl sites for hydroxylation is 1. The molecular formula is C13H19N. The van der Waals surface area contributed by atoms with E-state index in [2.05, 4.69) is 62.2 Å². The van der Waals surface area contributed by atoms with Crippen LogP contribution in [0.4, 0.5) is 0 Å². The van der Waals surface area contributed by atoms with E-state index < -0.39 is 0 Å². The second-order valence-corrected chi connectivity index (χ2v) is 3.45. The predicted octanol–water partition coefficient (Wildman–Crippen LogP) is 3.31. The Labute approximate surface area is 87.1 Å². The van der Waals surface area contributed by atoms with E-state index in [0.29, 0.717) is 0 Å². The van der Waals surface area contributed by atoms with Crippen molar-refractivity contribution in [3.05, 3.63) is 41.6 Å². The molecule has 1 heteroatoms. The highest BCUT2D eigenvalue weighted by atomic mass is 15.1. The molecule has 0 N–H and O–H groups in total. The van der Waals surface area contributed by atoms with E-state index in [4.69, 9.17) is 0 Å². The minimum Gasteiger partial charge on any atom is -0.378 e. The molecule has 1 aromatic carbocycles. The van der Waals surface area contributed by atoms with Gasteiger partial charge in [0.15, 0.2) is 0 Å². The molecule has 0 saturated carbocycles. The van der Waals surface area contributed by atoms with Crippen molar-refractivity contribution in [2.75, 3.05) is 13.1 Å². The molecule has 14 heavy (non-hydrogen) atoms. The van der Waals surface area contributed by atoms with Gasteiger partial charge in [-0.3, -0.25) is 0 Å². The first-order valence-electron chi connectivity index (χ1n) is 5.25. The van der Waals surface area contributed by atoms with Gasteiger partial charge in [0.1, 0.15) is 0 Å². The Hall–Kier alpha value is -1.24. The normalized spacial score (nSPS) is 10.8. The molecule has 0 bridgehead atoms. The van der Waals surface area contributed by atoms with Gasteiger partial charge < -0.3 is 4.90 Å². The van der Waals surface area contributed by atoms with E-state index >= 15 is 0 Å². The first kappa shape index (κ1) is 10.8. The van der Waals surface area contributed by atoms with Crippen molar-refractivity contribution >= 4 is 6.08 Å². The fraction of sp³-hybridized carbons (Fsp3) is 0.385. The van der Waals surface area contributed by atoms with Crippen LogP contribution in [0, 0.1) is 6.92 Å². The standard InChI is InChI=1S/C13H19N/c1-4-14(5-2)11-10-13-8-6-12(3)7-9-13/h6-11H,4-5H2,1-3H3/b11-10+. The molecule has 0 amide bonds. The van der Waals surface area contributed by atoms with Gasteiger partial charge in [-0.2, -0.15) is 0 Å². The molecule has 0 spiro atoms. The van der Waals surface area contributed by atoms with E-state index in [0.717, 1.165) is 13.1 Å². The Morgan fingerprint density at radius 3 is 2.14 bits per heavy atom. The lowest BCUT2D eigenvalue weighted by Crippen LogP contribution is -2.14. The Morgan fingerprint density at radius 2 is 1.64 bits per heavy atom. The molecule has 0 fully saturated rings. The van der Waals surface area contributed by atoms with Crippen molar-refractivity contribution in [3.8, 4) is 0 Å². The zero-order valence-corrected chi connectivity index (χ0v) is 9.33. The fourth-order valence-corrected chi connectivity index (χ4v) is 1.30. The van der Waals surface area contributed by atoms with Gasteiger partial charge in [0.2, 0.25) is 0 Å². The number of hydrogen-bond acceptors (Lipinski definition) is 1. The van der Waals surface area contributed by atoms with Gasteiger partial charge in [-0.15, -0.1) is 0 Å². The third kappa shape index (κ3) is 3.25. The number of benzene rings is 1. The van der Waals surface area contributed by atoms with Crippen molar-refractivity contribution in [3.63, 3.8) is 0 Å². The van der Waals surface area contributed by atoms with Crippen molar-refractivity contribution in [1.82, 2.24) is 4.90 Å². The largest absolute Gasteiger partial charge is 0.378 e. The van der Waals surface area contributed by atoms with Crippen LogP contribution in [0.3, 0.4) is 0 Å². The van der Waals surface area contributed by atoms with E-state index in [9.17, 15) is 0 Å². The highest BCUT2D eigenvalue weighted by Crippen LogP contribution is 2.05. The molecule has 0 aliphatic rings. The van der Waals surface area contributed by atoms with Crippen LogP contribution in [-0.2, 0) is 0 Å². The third-order valence-electron chi connectivity index (χ3n) is 2.37. The SMILES string of the molecule is CCN(/C=C/c1ccc(C)cc1)CC. The molecule has 0 saturated heterocycles. The summed E-state index contributed by atoms with van der Waals surface area (Å²) in [5.74, 6) is 0. The maximum Gasteiger partial charge on any atom is 0.0143 e. The molecule has 0 aliphatic heterocycles. The molecule has 1 nitrogen and oxygen atoms in total. The number of hydrogen-bond donors (Lipinski definition) is 0. The molecule has 0 heterocycles. The Kier molecular flexibility index (Phi) is 4.24. The Bertz CT molecular complexity index is 281. The van der Waals surface area contributed by atoms with Crippen LogP contribution < -0.4 is 0 Å². The van der Waals surface area contributed by atoms with Crippen LogP contribution in [-0.4, -0.2) is 18.0 Å². The van der Waals surface area contributed by atoms with E-state index in [1.807, 2.05) is 0 Å². The summed E-state index contributed by atoms with van der Waals surface area (Å²) in [6.45, 7) is 8.58. The highest BCUT2D eigenvalue weighted by Gasteiger charge is 1.90. The van der Waals surface area contributed by atoms with Gasteiger partial charge in [0, 0.05) is 13.1 Å². The highest BCUT2D eigenvalue weighted by molar-refractivity contribution is 5.49. The monoisotopic (exact) mass is 189 g/mol. The lowest BCUT2D eigenvalue weighted by atomic mass is 10.1. The lowest BCUT2D eigenvalue weighted by molar-refractivity contribution is 0.421. The Morgan fingerprint density at radius 1 is 1.07 bits per heavy atom. The summed E-state index contributed by atoms with van der Waals surface area (Å²) in [6.07, 6.45) is 4.32. The molecular weight excluding hydrogens is 170 g/mol. The topological polar surface area (TPSA) is 3.24 Å². The van der Waals surface area contributed by atoms with Gasteiger partial charge >= 0.3 is 0 Å². The second kappa shape index (κ2) is 5.48. The van der Waals surface area contributed by atoms with Crippen molar-refractivity contribution < 1.29 is 0 Å². The molecule has 0 radical (unpaired) electrons. The first-order chi connectivity index (χ1) is 6.76. The van der Waals surface area contributed by atoms with Crippen molar-refractivity contribution in [2.45, 2.75) is 20.8 Å². The summed E-state index contributed by atoms with van der Waals surface area (Å²) in [7, 11) is 0. The third-order valence-corrected chi connectivity index (χ3v) is 2.37. The van der Waals surface area contributed by atoms with Crippen LogP contribution in [0.25, 0.3) is 6.08 Å². The first-order valence-corrected chi connectivity index (χ1v) is 5.25. The predicted molar refractivity (Wildman–Crippen MR) is 63.1 cm³/mol. The van der Waals surface area contributed by atoms with E-state index in [1.54, 1.807) is 0 Å². The zero-order valence-electron chi connectivity index (χ0n) is 9.33. The van der Waals surface area contributed by atoms with Crippen molar-refractivity contribution in [2.24, 2.45) is 0 Å². The summed E-state index contributed by atoms with van der Waals surface area (Å²) >= 11 is 0. The minimum atomic E-state index is 1.07. The van der Waals surface area contributed by atoms with Crippen molar-refractivity contribution in [1.29, 1.82) is 0 Å². The smallest absolute Gasteiger partial charge is 0.0143 e. The second-order valence-electron chi connectivity index (χ2n) is 3.45. The van der Waals surface area contributed by atoms with Crippen LogP contribution in [0.2, 0.25) is 0 Å². The molecule has 76 valence electrons. The maximum absolute atomic E-state index is 2.28. The quantitative estimate of drug-likeness (QED) is 0.702. The average Bonchev–Trinajstić information content (AvgIpc) is 2.22. The van der Waals surface area contributed by atoms with E-state index in [1.165, 1.54) is 11.1 Å². The molecule has 0 unspecified atom stereocenters. The summed E-state index contributed by atoms with van der Waals surface area (Å²) in [6, 6.07) is 8.58. The lowest BCUT2D eigenvalue weighted by Gasteiger charge is -2.14. The number of nitrogens with zero attached hydrogens (tertiary/aromatic N) is 1. The summed E-state index contributed by atoms with van der Waals surface area (Å²) < 4.78 is 0. The van der Waals surface area contributed by atoms with Gasteiger partial charge in [-0.05, 0) is 38.6 Å². The Balaban J connectivity index is 2.63. The molecule has 0 aliphatic carbocycles. The van der Waals surface area contributed by atoms with Crippen LogP contribution >= 0.6 is 0 Å². The van der Waals surface area contributed by atoms with Gasteiger partial charge in [-0.25, -0.2) is 0 Å². The van der Waals surface area contributed by atoms with Gasteiger partial charge in [-0.1, -0.05) is 29.8 Å². The van der Waals surface area contributed by atoms with E-state index in [-0.39, 0.29) is 0 Å². The average molecular weight is 189 g/mol. The molecule has 0 atom stereocenters. The molecule has 1 rings (SSSR count). The van der Waals surface area contributed by atoms with Crippen LogP contribution in [0.15, 0.2) is 30.5 Å². The summed E-state index contributed by atoms with van der Waals surface area (Å²) in [5.41, 5.74) is 2.58. The summed E-state index contributed by atoms with van der Waals surface area (Å²) in [5, 5.41) is 0. The molecule has 0 aromatic heterocycles. The van der Waals surface area contributed by atoms with Crippen LogP contribution in [0.1, 0.15) is 25.0 Å². The van der Waals surface area contributed by atoms with Gasteiger partial charge in [0.25, 0.3) is 0 Å². The maximum atomic E-state index is 2.28. The van der Waals surface area contributed by atoms with Gasteiger partial charge in [0.05, 0.1) is 0 Å². The minimum absolute atomic E-state index is 1.07. The molecule has 1 aromatic rings. The fourth-order valence-electron chi connectivity index (χ4n) is 1.30. The number of rotatable bonds is 4.